The first-order valence-electron chi connectivity index (χ1n) is 8.33. The molecule has 0 fully saturated rings. The molecule has 0 aliphatic carbocycles. The van der Waals surface area contributed by atoms with Crippen LogP contribution in [-0.2, 0) is 0 Å². The van der Waals surface area contributed by atoms with Crippen molar-refractivity contribution in [2.45, 2.75) is 11.9 Å². The number of hydrogen-bond donors (Lipinski definition) is 1. The fraction of sp³-hybridized carbons (Fsp3) is 0.0952. The third kappa shape index (κ3) is 3.52. The van der Waals surface area contributed by atoms with Gasteiger partial charge in [-0.05, 0) is 36.8 Å². The number of benzene rings is 2. The number of aromatic nitrogens is 2. The smallest absolute Gasteiger partial charge is 0.138 e. The second-order valence-electron chi connectivity index (χ2n) is 6.00. The zero-order chi connectivity index (χ0) is 18.8. The quantitative estimate of drug-likeness (QED) is 0.274. The van der Waals surface area contributed by atoms with Crippen molar-refractivity contribution in [3.63, 3.8) is 0 Å². The molecule has 0 amide bonds. The highest BCUT2D eigenvalue weighted by molar-refractivity contribution is 7.99. The molecule has 0 radical (unpaired) electrons. The van der Waals surface area contributed by atoms with Crippen LogP contribution in [-0.4, -0.2) is 20.8 Å². The summed E-state index contributed by atoms with van der Waals surface area (Å²) < 4.78 is 0.993. The standard InChI is InChI=1S/C21H15N3OS2/c1-13-10-20(23-16-7-3-2-6-14(13)16)26-12-18(25)15(11-22)21-24-17-8-4-5-9-19(17)27-21/h2-10,25H,12H2,1H3/b18-15-. The van der Waals surface area contributed by atoms with Crippen molar-refractivity contribution in [2.24, 2.45) is 0 Å². The van der Waals surface area contributed by atoms with Gasteiger partial charge in [-0.25, -0.2) is 9.97 Å². The van der Waals surface area contributed by atoms with Crippen LogP contribution in [0.3, 0.4) is 0 Å². The number of para-hydroxylation sites is 2. The molecule has 4 aromatic rings. The second-order valence-corrected chi connectivity index (χ2v) is 8.03. The molecule has 0 aliphatic heterocycles. The van der Waals surface area contributed by atoms with Gasteiger partial charge >= 0.3 is 0 Å². The number of pyridine rings is 1. The largest absolute Gasteiger partial charge is 0.510 e. The van der Waals surface area contributed by atoms with Crippen LogP contribution >= 0.6 is 23.1 Å². The Bertz CT molecular complexity index is 1190. The highest BCUT2D eigenvalue weighted by Gasteiger charge is 2.14. The van der Waals surface area contributed by atoms with E-state index in [4.69, 9.17) is 0 Å². The molecule has 27 heavy (non-hydrogen) atoms. The molecule has 4 rings (SSSR count). The Balaban J connectivity index is 1.62. The predicted octanol–water partition coefficient (Wildman–Crippen LogP) is 5.74. The number of fused-ring (bicyclic) bond motifs is 2. The molecule has 2 aromatic heterocycles. The summed E-state index contributed by atoms with van der Waals surface area (Å²) in [6, 6.07) is 19.8. The summed E-state index contributed by atoms with van der Waals surface area (Å²) in [4.78, 5) is 9.10. The van der Waals surface area contributed by atoms with E-state index in [1.165, 1.54) is 23.1 Å². The van der Waals surface area contributed by atoms with Crippen LogP contribution in [0.2, 0.25) is 0 Å². The minimum absolute atomic E-state index is 0.0224. The SMILES string of the molecule is Cc1cc(SC/C(O)=C(\C#N)c2nc3ccccc3s2)nc2ccccc12. The van der Waals surface area contributed by atoms with Crippen LogP contribution in [0.15, 0.2) is 65.4 Å². The number of thiazole rings is 1. The van der Waals surface area contributed by atoms with Gasteiger partial charge in [0.1, 0.15) is 22.4 Å². The van der Waals surface area contributed by atoms with E-state index in [1.807, 2.05) is 61.5 Å². The van der Waals surface area contributed by atoms with E-state index >= 15 is 0 Å². The third-order valence-corrected chi connectivity index (χ3v) is 6.14. The van der Waals surface area contributed by atoms with Gasteiger partial charge in [-0.1, -0.05) is 42.1 Å². The van der Waals surface area contributed by atoms with Crippen molar-refractivity contribution >= 4 is 49.8 Å². The fourth-order valence-corrected chi connectivity index (χ4v) is 4.66. The van der Waals surface area contributed by atoms with Crippen LogP contribution in [0.1, 0.15) is 10.6 Å². The molecule has 0 saturated carbocycles. The van der Waals surface area contributed by atoms with Gasteiger partial charge < -0.3 is 5.11 Å². The average molecular weight is 390 g/mol. The summed E-state index contributed by atoms with van der Waals surface area (Å²) >= 11 is 2.82. The molecule has 2 aromatic carbocycles. The minimum atomic E-state index is 0.0224. The lowest BCUT2D eigenvalue weighted by Crippen LogP contribution is -1.94. The zero-order valence-electron chi connectivity index (χ0n) is 14.5. The molecule has 0 aliphatic rings. The number of aliphatic hydroxyl groups excluding tert-OH is 1. The zero-order valence-corrected chi connectivity index (χ0v) is 16.1. The average Bonchev–Trinajstić information content (AvgIpc) is 3.10. The first-order valence-corrected chi connectivity index (χ1v) is 10.1. The monoisotopic (exact) mass is 389 g/mol. The van der Waals surface area contributed by atoms with Gasteiger partial charge in [0.15, 0.2) is 0 Å². The fourth-order valence-electron chi connectivity index (χ4n) is 2.82. The molecule has 132 valence electrons. The molecule has 0 bridgehead atoms. The normalized spacial score (nSPS) is 12.1. The highest BCUT2D eigenvalue weighted by Crippen LogP contribution is 2.30. The van der Waals surface area contributed by atoms with E-state index in [1.54, 1.807) is 0 Å². The molecule has 0 saturated heterocycles. The molecule has 0 atom stereocenters. The van der Waals surface area contributed by atoms with Crippen LogP contribution in [0.4, 0.5) is 0 Å². The Morgan fingerprint density at radius 1 is 1.11 bits per heavy atom. The number of hydrogen-bond acceptors (Lipinski definition) is 6. The topological polar surface area (TPSA) is 69.8 Å². The molecule has 6 heteroatoms. The molecule has 0 unspecified atom stereocenters. The van der Waals surface area contributed by atoms with Crippen molar-refractivity contribution in [2.75, 3.05) is 5.75 Å². The Labute approximate surface area is 164 Å². The summed E-state index contributed by atoms with van der Waals surface area (Å²) in [5, 5.41) is 22.5. The first kappa shape index (κ1) is 17.5. The van der Waals surface area contributed by atoms with Gasteiger partial charge in [-0.15, -0.1) is 11.3 Å². The number of thioether (sulfide) groups is 1. The Hall–Kier alpha value is -2.88. The van der Waals surface area contributed by atoms with Crippen LogP contribution in [0.5, 0.6) is 0 Å². The molecular weight excluding hydrogens is 374 g/mol. The van der Waals surface area contributed by atoms with Gasteiger partial charge in [-0.3, -0.25) is 0 Å². The summed E-state index contributed by atoms with van der Waals surface area (Å²) in [6.45, 7) is 2.05. The molecule has 2 heterocycles. The summed E-state index contributed by atoms with van der Waals surface area (Å²) in [6.07, 6.45) is 0. The molecule has 1 N–H and O–H groups in total. The van der Waals surface area contributed by atoms with E-state index in [0.717, 1.165) is 31.7 Å². The van der Waals surface area contributed by atoms with Crippen molar-refractivity contribution in [3.05, 3.63) is 70.9 Å². The van der Waals surface area contributed by atoms with Gasteiger partial charge in [-0.2, -0.15) is 5.26 Å². The van der Waals surface area contributed by atoms with Crippen LogP contribution in [0, 0.1) is 18.3 Å². The Morgan fingerprint density at radius 3 is 2.63 bits per heavy atom. The first-order chi connectivity index (χ1) is 13.2. The number of nitriles is 1. The van der Waals surface area contributed by atoms with E-state index in [9.17, 15) is 10.4 Å². The number of aliphatic hydroxyl groups is 1. The van der Waals surface area contributed by atoms with Gasteiger partial charge in [0, 0.05) is 5.39 Å². The van der Waals surface area contributed by atoms with Gasteiger partial charge in [0.2, 0.25) is 0 Å². The maximum Gasteiger partial charge on any atom is 0.138 e. The third-order valence-electron chi connectivity index (χ3n) is 4.16. The van der Waals surface area contributed by atoms with Crippen molar-refractivity contribution in [1.82, 2.24) is 9.97 Å². The number of allylic oxidation sites excluding steroid dienone is 1. The summed E-state index contributed by atoms with van der Waals surface area (Å²) in [5.74, 6) is 0.290. The van der Waals surface area contributed by atoms with Gasteiger partial charge in [0.05, 0.1) is 26.5 Å². The van der Waals surface area contributed by atoms with Crippen LogP contribution < -0.4 is 0 Å². The van der Waals surface area contributed by atoms with Crippen LogP contribution in [0.25, 0.3) is 26.7 Å². The second kappa shape index (κ2) is 7.39. The van der Waals surface area contributed by atoms with E-state index in [0.29, 0.717) is 5.01 Å². The van der Waals surface area contributed by atoms with Crippen molar-refractivity contribution < 1.29 is 5.11 Å². The maximum absolute atomic E-state index is 10.5. The molecule has 0 spiro atoms. The minimum Gasteiger partial charge on any atom is -0.510 e. The number of nitrogens with zero attached hydrogens (tertiary/aromatic N) is 3. The van der Waals surface area contributed by atoms with E-state index in [-0.39, 0.29) is 17.1 Å². The maximum atomic E-state index is 10.5. The highest BCUT2D eigenvalue weighted by atomic mass is 32.2. The number of rotatable bonds is 4. The lowest BCUT2D eigenvalue weighted by molar-refractivity contribution is 0.421. The van der Waals surface area contributed by atoms with E-state index < -0.39 is 0 Å². The Kier molecular flexibility index (Phi) is 4.80. The van der Waals surface area contributed by atoms with Crippen molar-refractivity contribution in [1.29, 1.82) is 5.26 Å². The summed E-state index contributed by atoms with van der Waals surface area (Å²) in [7, 11) is 0. The van der Waals surface area contributed by atoms with Crippen molar-refractivity contribution in [3.8, 4) is 6.07 Å². The lowest BCUT2D eigenvalue weighted by Gasteiger charge is -2.06. The Morgan fingerprint density at radius 2 is 1.85 bits per heavy atom. The van der Waals surface area contributed by atoms with Gasteiger partial charge in [0.25, 0.3) is 0 Å². The lowest BCUT2D eigenvalue weighted by atomic mass is 10.1. The number of aryl methyl sites for hydroxylation is 1. The summed E-state index contributed by atoms with van der Waals surface area (Å²) in [5.41, 5.74) is 3.12. The van der Waals surface area contributed by atoms with E-state index in [2.05, 4.69) is 16.0 Å². The predicted molar refractivity (Wildman–Crippen MR) is 112 cm³/mol. The molecular formula is C21H15N3OS2. The molecule has 4 nitrogen and oxygen atoms in total.